The fourth-order valence-electron chi connectivity index (χ4n) is 1.40. The molecule has 0 aromatic carbocycles. The minimum Gasteiger partial charge on any atom is -0.339 e. The Morgan fingerprint density at radius 2 is 1.95 bits per heavy atom. The molecule has 1 unspecified atom stereocenters. The fourth-order valence-corrected chi connectivity index (χ4v) is 2.52. The van der Waals surface area contributed by atoms with Crippen molar-refractivity contribution in [2.45, 2.75) is 19.9 Å². The second kappa shape index (κ2) is 6.16. The lowest BCUT2D eigenvalue weighted by molar-refractivity contribution is -0.122. The summed E-state index contributed by atoms with van der Waals surface area (Å²) >= 11 is 1.25. The summed E-state index contributed by atoms with van der Waals surface area (Å²) in [5.74, 6) is -1.36. The zero-order valence-electron chi connectivity index (χ0n) is 10.8. The number of rotatable bonds is 5. The van der Waals surface area contributed by atoms with E-state index < -0.39 is 27.9 Å². The molecule has 0 spiro atoms. The molecule has 0 aliphatic heterocycles. The van der Waals surface area contributed by atoms with Gasteiger partial charge in [-0.2, -0.15) is 0 Å². The van der Waals surface area contributed by atoms with Crippen molar-refractivity contribution in [3.05, 3.63) is 22.4 Å². The van der Waals surface area contributed by atoms with E-state index in [1.165, 1.54) is 11.3 Å². The molecule has 8 heteroatoms. The molecule has 0 aliphatic carbocycles. The molecule has 0 radical (unpaired) electrons. The number of sulfonamides is 1. The van der Waals surface area contributed by atoms with Crippen LogP contribution in [0, 0.1) is 5.92 Å². The van der Waals surface area contributed by atoms with Gasteiger partial charge < -0.3 is 5.32 Å². The average molecular weight is 304 g/mol. The van der Waals surface area contributed by atoms with Crippen LogP contribution in [0.25, 0.3) is 0 Å². The summed E-state index contributed by atoms with van der Waals surface area (Å²) in [5, 5.41) is 4.28. The molecule has 1 aromatic rings. The van der Waals surface area contributed by atoms with Gasteiger partial charge >= 0.3 is 0 Å². The highest BCUT2D eigenvalue weighted by molar-refractivity contribution is 7.89. The van der Waals surface area contributed by atoms with Crippen LogP contribution in [0.2, 0.25) is 0 Å². The maximum absolute atomic E-state index is 11.9. The Bertz CT molecular complexity index is 549. The third-order valence-corrected chi connectivity index (χ3v) is 3.71. The molecule has 2 amide bonds. The van der Waals surface area contributed by atoms with Gasteiger partial charge in [0.1, 0.15) is 6.04 Å². The van der Waals surface area contributed by atoms with E-state index in [2.05, 4.69) is 5.32 Å². The van der Waals surface area contributed by atoms with E-state index in [1.807, 2.05) is 4.72 Å². The van der Waals surface area contributed by atoms with Crippen LogP contribution in [0.1, 0.15) is 23.5 Å². The van der Waals surface area contributed by atoms with Crippen molar-refractivity contribution in [1.29, 1.82) is 0 Å². The van der Waals surface area contributed by atoms with Gasteiger partial charge in [-0.3, -0.25) is 14.3 Å². The van der Waals surface area contributed by atoms with Gasteiger partial charge in [-0.25, -0.2) is 8.42 Å². The summed E-state index contributed by atoms with van der Waals surface area (Å²) in [7, 11) is -3.64. The highest BCUT2D eigenvalue weighted by atomic mass is 32.2. The Balaban J connectivity index is 2.79. The molecule has 2 N–H and O–H groups in total. The zero-order valence-corrected chi connectivity index (χ0v) is 12.5. The van der Waals surface area contributed by atoms with Gasteiger partial charge in [0.05, 0.1) is 11.1 Å². The Labute approximate surface area is 116 Å². The SMILES string of the molecule is CC(C)C(NC(=O)c1cccs1)C(=O)NS(C)(=O)=O. The number of nitrogens with one attached hydrogen (secondary N) is 2. The fraction of sp³-hybridized carbons (Fsp3) is 0.455. The highest BCUT2D eigenvalue weighted by Crippen LogP contribution is 2.10. The zero-order chi connectivity index (χ0) is 14.6. The van der Waals surface area contributed by atoms with Crippen molar-refractivity contribution in [3.8, 4) is 0 Å². The van der Waals surface area contributed by atoms with Crippen LogP contribution in [-0.2, 0) is 14.8 Å². The number of carbonyl (C=O) groups excluding carboxylic acids is 2. The standard InChI is InChI=1S/C11H16N2O4S2/c1-7(2)9(11(15)13-19(3,16)17)12-10(14)8-5-4-6-18-8/h4-7,9H,1-3H3,(H,12,14)(H,13,15). The van der Waals surface area contributed by atoms with Crippen LogP contribution < -0.4 is 10.0 Å². The lowest BCUT2D eigenvalue weighted by Gasteiger charge is -2.20. The van der Waals surface area contributed by atoms with Gasteiger partial charge in [-0.05, 0) is 17.4 Å². The Hall–Kier alpha value is -1.41. The molecule has 1 heterocycles. The molecule has 0 saturated heterocycles. The summed E-state index contributed by atoms with van der Waals surface area (Å²) in [4.78, 5) is 24.1. The van der Waals surface area contributed by atoms with Crippen LogP contribution in [0.15, 0.2) is 17.5 Å². The number of amides is 2. The van der Waals surface area contributed by atoms with E-state index in [4.69, 9.17) is 0 Å². The lowest BCUT2D eigenvalue weighted by Crippen LogP contribution is -2.50. The molecule has 0 aliphatic rings. The van der Waals surface area contributed by atoms with Crippen molar-refractivity contribution < 1.29 is 18.0 Å². The quantitative estimate of drug-likeness (QED) is 0.832. The van der Waals surface area contributed by atoms with Crippen LogP contribution in [0.3, 0.4) is 0 Å². The summed E-state index contributed by atoms with van der Waals surface area (Å²) in [6, 6.07) is 2.45. The summed E-state index contributed by atoms with van der Waals surface area (Å²) in [5.41, 5.74) is 0. The van der Waals surface area contributed by atoms with Crippen molar-refractivity contribution in [1.82, 2.24) is 10.0 Å². The molecular formula is C11H16N2O4S2. The van der Waals surface area contributed by atoms with E-state index in [-0.39, 0.29) is 5.92 Å². The van der Waals surface area contributed by atoms with Crippen molar-refractivity contribution in [2.24, 2.45) is 5.92 Å². The minimum atomic E-state index is -3.64. The van der Waals surface area contributed by atoms with Crippen LogP contribution in [0.5, 0.6) is 0 Å². The van der Waals surface area contributed by atoms with Gasteiger partial charge in [0, 0.05) is 0 Å². The molecule has 6 nitrogen and oxygen atoms in total. The van der Waals surface area contributed by atoms with Crippen LogP contribution in [-0.4, -0.2) is 32.5 Å². The Morgan fingerprint density at radius 1 is 1.32 bits per heavy atom. The van der Waals surface area contributed by atoms with Gasteiger partial charge in [-0.15, -0.1) is 11.3 Å². The first kappa shape index (κ1) is 15.6. The van der Waals surface area contributed by atoms with Gasteiger partial charge in [0.15, 0.2) is 0 Å². The first-order chi connectivity index (χ1) is 8.70. The predicted molar refractivity (Wildman–Crippen MR) is 73.4 cm³/mol. The molecule has 106 valence electrons. The second-order valence-electron chi connectivity index (χ2n) is 4.41. The maximum Gasteiger partial charge on any atom is 0.262 e. The van der Waals surface area contributed by atoms with E-state index in [9.17, 15) is 18.0 Å². The molecule has 1 rings (SSSR count). The Kier molecular flexibility index (Phi) is 5.07. The van der Waals surface area contributed by atoms with Gasteiger partial charge in [0.25, 0.3) is 11.8 Å². The first-order valence-corrected chi connectivity index (χ1v) is 8.34. The molecule has 0 saturated carbocycles. The number of thiophene rings is 1. The maximum atomic E-state index is 11.9. The molecule has 19 heavy (non-hydrogen) atoms. The van der Waals surface area contributed by atoms with Gasteiger partial charge in [-0.1, -0.05) is 19.9 Å². The van der Waals surface area contributed by atoms with Gasteiger partial charge in [0.2, 0.25) is 10.0 Å². The molecule has 1 atom stereocenters. The van der Waals surface area contributed by atoms with Crippen molar-refractivity contribution in [3.63, 3.8) is 0 Å². The van der Waals surface area contributed by atoms with E-state index in [1.54, 1.807) is 31.4 Å². The molecule has 0 bridgehead atoms. The summed E-state index contributed by atoms with van der Waals surface area (Å²) in [6.45, 7) is 3.45. The number of hydrogen-bond donors (Lipinski definition) is 2. The monoisotopic (exact) mass is 304 g/mol. The third kappa shape index (κ3) is 4.99. The highest BCUT2D eigenvalue weighted by Gasteiger charge is 2.26. The second-order valence-corrected chi connectivity index (χ2v) is 7.11. The molecule has 0 fully saturated rings. The van der Waals surface area contributed by atoms with Crippen molar-refractivity contribution >= 4 is 33.2 Å². The summed E-state index contributed by atoms with van der Waals surface area (Å²) in [6.07, 6.45) is 0.892. The lowest BCUT2D eigenvalue weighted by atomic mass is 10.0. The van der Waals surface area contributed by atoms with Crippen molar-refractivity contribution in [2.75, 3.05) is 6.26 Å². The van der Waals surface area contributed by atoms with E-state index in [0.717, 1.165) is 6.26 Å². The first-order valence-electron chi connectivity index (χ1n) is 5.56. The average Bonchev–Trinajstić information content (AvgIpc) is 2.75. The minimum absolute atomic E-state index is 0.231. The van der Waals surface area contributed by atoms with E-state index in [0.29, 0.717) is 4.88 Å². The van der Waals surface area contributed by atoms with Crippen LogP contribution in [0.4, 0.5) is 0 Å². The normalized spacial score (nSPS) is 13.1. The number of carbonyl (C=O) groups is 2. The largest absolute Gasteiger partial charge is 0.339 e. The third-order valence-electron chi connectivity index (χ3n) is 2.27. The number of hydrogen-bond acceptors (Lipinski definition) is 5. The smallest absolute Gasteiger partial charge is 0.262 e. The Morgan fingerprint density at radius 3 is 2.37 bits per heavy atom. The molecule has 1 aromatic heterocycles. The topological polar surface area (TPSA) is 92.3 Å². The predicted octanol–water partition coefficient (Wildman–Crippen LogP) is 0.578. The summed E-state index contributed by atoms with van der Waals surface area (Å²) < 4.78 is 24.0. The molecular weight excluding hydrogens is 288 g/mol. The van der Waals surface area contributed by atoms with E-state index >= 15 is 0 Å². The van der Waals surface area contributed by atoms with Crippen LogP contribution >= 0.6 is 11.3 Å².